The molecule has 3 fully saturated rings. The van der Waals surface area contributed by atoms with Crippen molar-refractivity contribution in [3.05, 3.63) is 89.5 Å². The van der Waals surface area contributed by atoms with Gasteiger partial charge in [-0.15, -0.1) is 0 Å². The van der Waals surface area contributed by atoms with E-state index >= 15 is 0 Å². The summed E-state index contributed by atoms with van der Waals surface area (Å²) in [6.45, 7) is 2.21. The van der Waals surface area contributed by atoms with Gasteiger partial charge in [0.05, 0.1) is 5.56 Å². The molecule has 5 heteroatoms. The Balaban J connectivity index is 1.21. The molecule has 1 spiro atoms. The fraction of sp³-hybridized carbons (Fsp3) is 0.344. The highest BCUT2D eigenvalue weighted by molar-refractivity contribution is 6.11. The second kappa shape index (κ2) is 8.98. The normalized spacial score (nSPS) is 26.1. The van der Waals surface area contributed by atoms with E-state index in [1.807, 2.05) is 24.3 Å². The van der Waals surface area contributed by atoms with Crippen LogP contribution in [0.4, 0.5) is 5.69 Å². The molecule has 6 rings (SSSR count). The minimum absolute atomic E-state index is 0.154. The van der Waals surface area contributed by atoms with Crippen molar-refractivity contribution in [2.24, 2.45) is 29.1 Å². The van der Waals surface area contributed by atoms with E-state index in [0.29, 0.717) is 39.4 Å². The number of nitrogens with one attached hydrogen (secondary N) is 2. The third-order valence-corrected chi connectivity index (χ3v) is 9.34. The molecule has 3 saturated carbocycles. The molecule has 3 aliphatic rings. The van der Waals surface area contributed by atoms with Crippen molar-refractivity contribution < 1.29 is 14.7 Å². The maximum Gasteiger partial charge on any atom is 0.336 e. The number of rotatable bonds is 7. The van der Waals surface area contributed by atoms with E-state index in [2.05, 4.69) is 12.2 Å². The minimum atomic E-state index is -1.03. The second-order valence-corrected chi connectivity index (χ2v) is 11.1. The topological polar surface area (TPSA) is 90.3 Å². The molecule has 0 saturated heterocycles. The lowest BCUT2D eigenvalue weighted by atomic mass is 9.54. The zero-order chi connectivity index (χ0) is 25.7. The van der Waals surface area contributed by atoms with E-state index in [9.17, 15) is 14.7 Å². The van der Waals surface area contributed by atoms with Crippen LogP contribution in [0.1, 0.15) is 65.3 Å². The Labute approximate surface area is 217 Å². The van der Waals surface area contributed by atoms with Crippen LogP contribution in [0, 0.1) is 34.5 Å². The van der Waals surface area contributed by atoms with Gasteiger partial charge in [-0.1, -0.05) is 68.3 Å². The van der Waals surface area contributed by atoms with Crippen molar-refractivity contribution in [1.29, 1.82) is 5.41 Å². The van der Waals surface area contributed by atoms with E-state index < -0.39 is 5.97 Å². The maximum atomic E-state index is 13.4. The lowest BCUT2D eigenvalue weighted by Crippen LogP contribution is -2.46. The number of carboxylic acids is 1. The molecule has 3 aliphatic carbocycles. The Morgan fingerprint density at radius 3 is 2.41 bits per heavy atom. The number of hydrogen-bond acceptors (Lipinski definition) is 3. The molecule has 5 unspecified atom stereocenters. The largest absolute Gasteiger partial charge is 0.478 e. The Hall–Kier alpha value is -3.73. The number of carbonyl (C=O) groups excluding carboxylic acids is 1. The highest BCUT2D eigenvalue weighted by Crippen LogP contribution is 2.80. The molecule has 188 valence electrons. The summed E-state index contributed by atoms with van der Waals surface area (Å²) in [7, 11) is 0. The van der Waals surface area contributed by atoms with Crippen LogP contribution in [0.5, 0.6) is 0 Å². The van der Waals surface area contributed by atoms with Gasteiger partial charge < -0.3 is 15.8 Å². The molecule has 0 heterocycles. The number of hydrogen-bond donors (Lipinski definition) is 3. The van der Waals surface area contributed by atoms with Crippen molar-refractivity contribution in [2.75, 3.05) is 5.32 Å². The molecule has 5 nitrogen and oxygen atoms in total. The average Bonchev–Trinajstić information content (AvgIpc) is 3.49. The summed E-state index contributed by atoms with van der Waals surface area (Å²) < 4.78 is 0. The summed E-state index contributed by atoms with van der Waals surface area (Å²) in [6, 6.07) is 21.4. The Morgan fingerprint density at radius 1 is 0.946 bits per heavy atom. The lowest BCUT2D eigenvalue weighted by molar-refractivity contribution is -0.000614. The quantitative estimate of drug-likeness (QED) is 0.306. The predicted molar refractivity (Wildman–Crippen MR) is 145 cm³/mol. The van der Waals surface area contributed by atoms with E-state index in [0.717, 1.165) is 17.4 Å². The van der Waals surface area contributed by atoms with Gasteiger partial charge >= 0.3 is 5.97 Å². The molecule has 0 aromatic heterocycles. The van der Waals surface area contributed by atoms with Gasteiger partial charge in [-0.05, 0) is 83.4 Å². The second-order valence-electron chi connectivity index (χ2n) is 11.1. The van der Waals surface area contributed by atoms with Crippen molar-refractivity contribution in [2.45, 2.75) is 39.0 Å². The summed E-state index contributed by atoms with van der Waals surface area (Å²) in [5.41, 5.74) is 4.40. The van der Waals surface area contributed by atoms with Crippen LogP contribution in [0.3, 0.4) is 0 Å². The number of anilines is 1. The summed E-state index contributed by atoms with van der Waals surface area (Å²) in [4.78, 5) is 25.1. The number of benzene rings is 3. The highest BCUT2D eigenvalue weighted by atomic mass is 16.4. The van der Waals surface area contributed by atoms with Gasteiger partial charge in [0.25, 0.3) is 5.91 Å². The van der Waals surface area contributed by atoms with Crippen molar-refractivity contribution >= 4 is 23.3 Å². The first kappa shape index (κ1) is 23.7. The molecule has 3 aromatic carbocycles. The summed E-state index contributed by atoms with van der Waals surface area (Å²) in [5.74, 6) is 1.08. The fourth-order valence-electron chi connectivity index (χ4n) is 7.55. The first-order chi connectivity index (χ1) is 17.9. The monoisotopic (exact) mass is 492 g/mol. The molecule has 3 aromatic rings. The molecule has 0 radical (unpaired) electrons. The molecule has 37 heavy (non-hydrogen) atoms. The molecule has 1 amide bonds. The van der Waals surface area contributed by atoms with Crippen LogP contribution in [-0.2, 0) is 0 Å². The number of aromatic carboxylic acids is 1. The van der Waals surface area contributed by atoms with Crippen molar-refractivity contribution in [1.82, 2.24) is 0 Å². The maximum absolute atomic E-state index is 13.4. The fourth-order valence-corrected chi connectivity index (χ4v) is 7.55. The SMILES string of the molecule is CC(C(=N)c1cccc(NC(=O)c2ccccc2-c2ccccc2C(=O)O)c1)C1C2CCCCC23CC13. The Bertz CT molecular complexity index is 1410. The van der Waals surface area contributed by atoms with Gasteiger partial charge in [0, 0.05) is 22.9 Å². The molecule has 3 N–H and O–H groups in total. The van der Waals surface area contributed by atoms with Gasteiger partial charge in [-0.2, -0.15) is 0 Å². The third-order valence-electron chi connectivity index (χ3n) is 9.34. The standard InChI is InChI=1S/C32H32N2O3/c1-19(28-26-15-6-7-16-32(26)18-27(28)32)29(33)20-9-8-10-21(17-20)34-30(35)24-13-4-2-11-22(24)23-12-3-5-14-25(23)31(36)37/h2-5,8-14,17,19,26-28,33H,6-7,15-16,18H2,1H3,(H,34,35)(H,36,37). The molecule has 0 bridgehead atoms. The zero-order valence-corrected chi connectivity index (χ0v) is 21.0. The smallest absolute Gasteiger partial charge is 0.336 e. The van der Waals surface area contributed by atoms with E-state index in [4.69, 9.17) is 5.41 Å². The van der Waals surface area contributed by atoms with Crippen LogP contribution in [0.15, 0.2) is 72.8 Å². The van der Waals surface area contributed by atoms with Gasteiger partial charge in [0.1, 0.15) is 0 Å². The number of carboxylic acid groups (broad SMARTS) is 1. The summed E-state index contributed by atoms with van der Waals surface area (Å²) >= 11 is 0. The van der Waals surface area contributed by atoms with Crippen molar-refractivity contribution in [3.8, 4) is 11.1 Å². The number of carbonyl (C=O) groups is 2. The lowest BCUT2D eigenvalue weighted by Gasteiger charge is -2.50. The Kier molecular flexibility index (Phi) is 5.74. The predicted octanol–water partition coefficient (Wildman–Crippen LogP) is 7.13. The summed E-state index contributed by atoms with van der Waals surface area (Å²) in [5, 5.41) is 21.6. The molecule has 5 atom stereocenters. The van der Waals surface area contributed by atoms with Gasteiger partial charge in [0.2, 0.25) is 0 Å². The first-order valence-corrected chi connectivity index (χ1v) is 13.3. The van der Waals surface area contributed by atoms with E-state index in [1.54, 1.807) is 48.5 Å². The molecular formula is C32H32N2O3. The van der Waals surface area contributed by atoms with Crippen LogP contribution in [0.25, 0.3) is 11.1 Å². The molecular weight excluding hydrogens is 460 g/mol. The van der Waals surface area contributed by atoms with Crippen LogP contribution in [0.2, 0.25) is 0 Å². The van der Waals surface area contributed by atoms with Gasteiger partial charge in [-0.25, -0.2) is 4.79 Å². The highest BCUT2D eigenvalue weighted by Gasteiger charge is 2.73. The Morgan fingerprint density at radius 2 is 1.65 bits per heavy atom. The van der Waals surface area contributed by atoms with Crippen LogP contribution in [-0.4, -0.2) is 22.7 Å². The first-order valence-electron chi connectivity index (χ1n) is 13.3. The average molecular weight is 493 g/mol. The minimum Gasteiger partial charge on any atom is -0.478 e. The zero-order valence-electron chi connectivity index (χ0n) is 21.0. The van der Waals surface area contributed by atoms with Crippen molar-refractivity contribution in [3.63, 3.8) is 0 Å². The van der Waals surface area contributed by atoms with Gasteiger partial charge in [0.15, 0.2) is 0 Å². The number of amides is 1. The van der Waals surface area contributed by atoms with Gasteiger partial charge in [-0.3, -0.25) is 4.79 Å². The van der Waals surface area contributed by atoms with E-state index in [1.165, 1.54) is 32.1 Å². The summed E-state index contributed by atoms with van der Waals surface area (Å²) in [6.07, 6.45) is 6.77. The molecule has 0 aliphatic heterocycles. The van der Waals surface area contributed by atoms with Crippen LogP contribution >= 0.6 is 0 Å². The third kappa shape index (κ3) is 3.88. The van der Waals surface area contributed by atoms with Crippen LogP contribution < -0.4 is 5.32 Å². The van der Waals surface area contributed by atoms with E-state index in [-0.39, 0.29) is 17.4 Å².